The van der Waals surface area contributed by atoms with E-state index in [1.165, 1.54) is 51.4 Å². The van der Waals surface area contributed by atoms with Gasteiger partial charge in [-0.2, -0.15) is 0 Å². The Kier molecular flexibility index (Phi) is 4.42. The number of aryl methyl sites for hydroxylation is 1. The summed E-state index contributed by atoms with van der Waals surface area (Å²) in [5.41, 5.74) is 9.22. The minimum Gasteiger partial charge on any atom is -0.328 e. The van der Waals surface area contributed by atoms with Gasteiger partial charge in [0.2, 0.25) is 0 Å². The van der Waals surface area contributed by atoms with E-state index >= 15 is 0 Å². The lowest BCUT2D eigenvalue weighted by molar-refractivity contribution is 0.125. The third kappa shape index (κ3) is 2.91. The summed E-state index contributed by atoms with van der Waals surface area (Å²) in [6.45, 7) is 0. The van der Waals surface area contributed by atoms with Crippen LogP contribution in [0.4, 0.5) is 0 Å². The van der Waals surface area contributed by atoms with Crippen LogP contribution in [0, 0.1) is 0 Å². The van der Waals surface area contributed by atoms with Crippen molar-refractivity contribution in [3.63, 3.8) is 0 Å². The van der Waals surface area contributed by atoms with Gasteiger partial charge in [0.1, 0.15) is 0 Å². The van der Waals surface area contributed by atoms with Crippen molar-refractivity contribution >= 4 is 0 Å². The lowest BCUT2D eigenvalue weighted by atomic mass is 9.88. The van der Waals surface area contributed by atoms with E-state index < -0.39 is 0 Å². The molecule has 2 aliphatic carbocycles. The molecule has 0 bridgehead atoms. The third-order valence-corrected chi connectivity index (χ3v) is 5.40. The molecule has 0 amide bonds. The van der Waals surface area contributed by atoms with E-state index in [1.807, 2.05) is 0 Å². The van der Waals surface area contributed by atoms with Gasteiger partial charge in [0.15, 0.2) is 0 Å². The predicted molar refractivity (Wildman–Crippen MR) is 84.7 cm³/mol. The highest BCUT2D eigenvalue weighted by atomic mass is 15.2. The van der Waals surface area contributed by atoms with Crippen molar-refractivity contribution in [1.29, 1.82) is 0 Å². The number of nitrogens with two attached hydrogens (primary N) is 1. The zero-order chi connectivity index (χ0) is 13.9. The van der Waals surface area contributed by atoms with Crippen LogP contribution in [0.15, 0.2) is 24.3 Å². The molecule has 0 radical (unpaired) electrons. The van der Waals surface area contributed by atoms with Crippen LogP contribution in [0.5, 0.6) is 0 Å². The van der Waals surface area contributed by atoms with Crippen LogP contribution >= 0.6 is 0 Å². The maximum atomic E-state index is 6.06. The summed E-state index contributed by atoms with van der Waals surface area (Å²) in [5.74, 6) is 0. The number of hydrogen-bond acceptors (Lipinski definition) is 2. The first-order chi connectivity index (χ1) is 9.75. The summed E-state index contributed by atoms with van der Waals surface area (Å²) in [6, 6.07) is 10.9. The predicted octanol–water partition coefficient (Wildman–Crippen LogP) is 3.66. The van der Waals surface area contributed by atoms with E-state index in [0.717, 1.165) is 6.04 Å². The lowest BCUT2D eigenvalue weighted by Crippen LogP contribution is -2.40. The van der Waals surface area contributed by atoms with Gasteiger partial charge in [0.05, 0.1) is 0 Å². The number of fused-ring (bicyclic) bond motifs is 1. The average Bonchev–Trinajstić information content (AvgIpc) is 2.69. The number of hydrogen-bond donors (Lipinski definition) is 1. The van der Waals surface area contributed by atoms with E-state index in [9.17, 15) is 0 Å². The summed E-state index contributed by atoms with van der Waals surface area (Å²) >= 11 is 0. The Bertz CT molecular complexity index is 435. The molecule has 1 unspecified atom stereocenters. The fraction of sp³-hybridized carbons (Fsp3) is 0.667. The molecule has 1 aromatic rings. The van der Waals surface area contributed by atoms with Gasteiger partial charge in [0, 0.05) is 18.1 Å². The van der Waals surface area contributed by atoms with Crippen molar-refractivity contribution in [3.8, 4) is 0 Å². The molecule has 1 atom stereocenters. The van der Waals surface area contributed by atoms with Gasteiger partial charge in [-0.3, -0.25) is 4.90 Å². The molecular weight excluding hydrogens is 244 g/mol. The highest BCUT2D eigenvalue weighted by molar-refractivity contribution is 5.31. The highest BCUT2D eigenvalue weighted by Gasteiger charge is 2.29. The second-order valence-electron chi connectivity index (χ2n) is 6.69. The Morgan fingerprint density at radius 3 is 2.55 bits per heavy atom. The van der Waals surface area contributed by atoms with Crippen molar-refractivity contribution < 1.29 is 0 Å². The fourth-order valence-electron chi connectivity index (χ4n) is 4.08. The average molecular weight is 272 g/mol. The molecule has 0 aromatic heterocycles. The smallest absolute Gasteiger partial charge is 0.0350 e. The molecular formula is C18H28N2. The summed E-state index contributed by atoms with van der Waals surface area (Å²) in [5, 5.41) is 0. The van der Waals surface area contributed by atoms with Crippen molar-refractivity contribution in [2.45, 2.75) is 69.5 Å². The zero-order valence-electron chi connectivity index (χ0n) is 12.7. The largest absolute Gasteiger partial charge is 0.328 e. The molecule has 0 heterocycles. The van der Waals surface area contributed by atoms with Crippen LogP contribution in [-0.4, -0.2) is 24.0 Å². The van der Waals surface area contributed by atoms with E-state index in [2.05, 4.69) is 36.2 Å². The molecule has 20 heavy (non-hydrogen) atoms. The van der Waals surface area contributed by atoms with Gasteiger partial charge < -0.3 is 5.73 Å². The minimum atomic E-state index is 0.445. The molecule has 2 aliphatic rings. The normalized spacial score (nSPS) is 30.9. The quantitative estimate of drug-likeness (QED) is 0.833. The van der Waals surface area contributed by atoms with E-state index in [4.69, 9.17) is 5.73 Å². The second-order valence-corrected chi connectivity index (χ2v) is 6.69. The number of rotatable bonds is 2. The molecule has 0 aliphatic heterocycles. The molecule has 0 spiro atoms. The van der Waals surface area contributed by atoms with Crippen LogP contribution in [0.3, 0.4) is 0 Å². The molecule has 3 rings (SSSR count). The maximum Gasteiger partial charge on any atom is 0.0350 e. The van der Waals surface area contributed by atoms with Crippen molar-refractivity contribution in [3.05, 3.63) is 35.4 Å². The summed E-state index contributed by atoms with van der Waals surface area (Å²) < 4.78 is 0. The fourth-order valence-corrected chi connectivity index (χ4v) is 4.08. The topological polar surface area (TPSA) is 29.3 Å². The Hall–Kier alpha value is -0.860. The van der Waals surface area contributed by atoms with Gasteiger partial charge in [-0.1, -0.05) is 30.7 Å². The molecule has 1 aromatic carbocycles. The lowest BCUT2D eigenvalue weighted by Gasteiger charge is -2.39. The highest BCUT2D eigenvalue weighted by Crippen LogP contribution is 2.36. The Morgan fingerprint density at radius 2 is 1.75 bits per heavy atom. The number of nitrogens with zero attached hydrogens (tertiary/aromatic N) is 1. The van der Waals surface area contributed by atoms with E-state index in [0.29, 0.717) is 12.1 Å². The number of benzene rings is 1. The van der Waals surface area contributed by atoms with Crippen LogP contribution in [0.2, 0.25) is 0 Å². The molecule has 110 valence electrons. The Labute approximate surface area is 123 Å². The zero-order valence-corrected chi connectivity index (χ0v) is 12.7. The SMILES string of the molecule is CN(C1CCC(N)CC1)C1CCCCc2ccccc21. The molecule has 0 saturated heterocycles. The Balaban J connectivity index is 1.78. The first kappa shape index (κ1) is 14.1. The van der Waals surface area contributed by atoms with Crippen molar-refractivity contribution in [1.82, 2.24) is 4.90 Å². The third-order valence-electron chi connectivity index (χ3n) is 5.40. The summed E-state index contributed by atoms with van der Waals surface area (Å²) in [4.78, 5) is 2.66. The van der Waals surface area contributed by atoms with Gasteiger partial charge in [-0.05, 0) is 63.1 Å². The van der Waals surface area contributed by atoms with E-state index in [-0.39, 0.29) is 0 Å². The summed E-state index contributed by atoms with van der Waals surface area (Å²) in [7, 11) is 2.34. The minimum absolute atomic E-state index is 0.445. The molecule has 2 heteroatoms. The van der Waals surface area contributed by atoms with Gasteiger partial charge >= 0.3 is 0 Å². The molecule has 1 fully saturated rings. The van der Waals surface area contributed by atoms with Crippen LogP contribution in [0.1, 0.15) is 62.1 Å². The van der Waals surface area contributed by atoms with Crippen molar-refractivity contribution in [2.75, 3.05) is 7.05 Å². The van der Waals surface area contributed by atoms with Gasteiger partial charge in [-0.15, -0.1) is 0 Å². The molecule has 1 saturated carbocycles. The molecule has 2 nitrogen and oxygen atoms in total. The van der Waals surface area contributed by atoms with E-state index in [1.54, 1.807) is 11.1 Å². The maximum absolute atomic E-state index is 6.06. The van der Waals surface area contributed by atoms with Crippen LogP contribution in [0.25, 0.3) is 0 Å². The van der Waals surface area contributed by atoms with Gasteiger partial charge in [0.25, 0.3) is 0 Å². The van der Waals surface area contributed by atoms with Gasteiger partial charge in [-0.25, -0.2) is 0 Å². The second kappa shape index (κ2) is 6.28. The Morgan fingerprint density at radius 1 is 1.00 bits per heavy atom. The standard InChI is InChI=1S/C18H28N2/c1-20(16-12-10-15(19)11-13-16)18-9-5-3-7-14-6-2-4-8-17(14)18/h2,4,6,8,15-16,18H,3,5,7,9-13,19H2,1H3. The van der Waals surface area contributed by atoms with Crippen molar-refractivity contribution in [2.24, 2.45) is 5.73 Å². The van der Waals surface area contributed by atoms with Crippen LogP contribution < -0.4 is 5.73 Å². The monoisotopic (exact) mass is 272 g/mol. The van der Waals surface area contributed by atoms with Crippen LogP contribution in [-0.2, 0) is 6.42 Å². The molecule has 2 N–H and O–H groups in total. The first-order valence-electron chi connectivity index (χ1n) is 8.31. The first-order valence-corrected chi connectivity index (χ1v) is 8.31. The summed E-state index contributed by atoms with van der Waals surface area (Å²) in [6.07, 6.45) is 10.2.